The molecule has 0 radical (unpaired) electrons. The molecule has 0 saturated carbocycles. The van der Waals surface area contributed by atoms with Gasteiger partial charge in [0.05, 0.1) is 0 Å². The van der Waals surface area contributed by atoms with Crippen LogP contribution < -0.4 is 4.90 Å². The van der Waals surface area contributed by atoms with Gasteiger partial charge in [-0.2, -0.15) is 24.9 Å². The molecule has 0 N–H and O–H groups in total. The number of halogens is 4. The minimum atomic E-state index is -4.51. The number of thioether (sulfide) groups is 1. The van der Waals surface area contributed by atoms with Gasteiger partial charge in [0.1, 0.15) is 5.82 Å². The van der Waals surface area contributed by atoms with Crippen LogP contribution in [0.15, 0.2) is 6.07 Å². The number of anilines is 1. The Labute approximate surface area is 118 Å². The van der Waals surface area contributed by atoms with Crippen LogP contribution in [0.3, 0.4) is 0 Å². The van der Waals surface area contributed by atoms with Gasteiger partial charge in [0.2, 0.25) is 5.28 Å². The SMILES string of the molecule is CC1CN(c2cc(C(F)(F)F)nc(Cl)n2)CC(C)S1. The summed E-state index contributed by atoms with van der Waals surface area (Å²) in [6, 6.07) is 0.960. The van der Waals surface area contributed by atoms with Crippen molar-refractivity contribution in [3.05, 3.63) is 17.0 Å². The smallest absolute Gasteiger partial charge is 0.354 e. The number of hydrogen-bond donors (Lipinski definition) is 0. The van der Waals surface area contributed by atoms with Crippen molar-refractivity contribution < 1.29 is 13.2 Å². The Morgan fingerprint density at radius 1 is 1.26 bits per heavy atom. The first-order valence-corrected chi connectivity index (χ1v) is 7.10. The van der Waals surface area contributed by atoms with Gasteiger partial charge in [-0.1, -0.05) is 13.8 Å². The molecular formula is C11H13ClF3N3S. The van der Waals surface area contributed by atoms with Crippen LogP contribution in [0.4, 0.5) is 19.0 Å². The molecule has 2 atom stereocenters. The number of rotatable bonds is 1. The van der Waals surface area contributed by atoms with Gasteiger partial charge in [0.25, 0.3) is 0 Å². The zero-order chi connectivity index (χ0) is 14.2. The summed E-state index contributed by atoms with van der Waals surface area (Å²) in [5, 5.41) is 0.307. The Morgan fingerprint density at radius 2 is 1.84 bits per heavy atom. The van der Waals surface area contributed by atoms with E-state index < -0.39 is 11.9 Å². The van der Waals surface area contributed by atoms with Crippen molar-refractivity contribution in [1.29, 1.82) is 0 Å². The predicted octanol–water partition coefficient (Wildman–Crippen LogP) is 3.48. The molecule has 0 amide bonds. The molecule has 2 heterocycles. The Balaban J connectivity index is 2.31. The normalized spacial score (nSPS) is 24.6. The van der Waals surface area contributed by atoms with Crippen LogP contribution in [0, 0.1) is 0 Å². The molecule has 3 nitrogen and oxygen atoms in total. The first kappa shape index (κ1) is 14.7. The Bertz CT molecular complexity index is 459. The highest BCUT2D eigenvalue weighted by molar-refractivity contribution is 8.00. The van der Waals surface area contributed by atoms with Gasteiger partial charge >= 0.3 is 6.18 Å². The second kappa shape index (κ2) is 5.36. The Hall–Kier alpha value is -0.690. The molecule has 2 rings (SSSR count). The Morgan fingerprint density at radius 3 is 2.37 bits per heavy atom. The zero-order valence-corrected chi connectivity index (χ0v) is 12.0. The summed E-state index contributed by atoms with van der Waals surface area (Å²) in [5.74, 6) is 0.242. The number of nitrogens with zero attached hydrogens (tertiary/aromatic N) is 3. The van der Waals surface area contributed by atoms with E-state index in [0.29, 0.717) is 23.6 Å². The molecule has 2 unspecified atom stereocenters. The third kappa shape index (κ3) is 3.66. The highest BCUT2D eigenvalue weighted by atomic mass is 35.5. The second-order valence-electron chi connectivity index (χ2n) is 4.54. The van der Waals surface area contributed by atoms with E-state index in [1.165, 1.54) is 0 Å². The lowest BCUT2D eigenvalue weighted by Crippen LogP contribution is -2.41. The highest BCUT2D eigenvalue weighted by Gasteiger charge is 2.34. The van der Waals surface area contributed by atoms with Gasteiger partial charge in [-0.3, -0.25) is 0 Å². The van der Waals surface area contributed by atoms with E-state index in [1.54, 1.807) is 0 Å². The molecule has 1 saturated heterocycles. The van der Waals surface area contributed by atoms with Crippen LogP contribution in [0.25, 0.3) is 0 Å². The minimum absolute atomic E-state index is 0.242. The van der Waals surface area contributed by atoms with Crippen LogP contribution in [-0.4, -0.2) is 33.6 Å². The summed E-state index contributed by atoms with van der Waals surface area (Å²) in [6.07, 6.45) is -4.51. The fourth-order valence-electron chi connectivity index (χ4n) is 2.08. The van der Waals surface area contributed by atoms with Crippen LogP contribution in [0.2, 0.25) is 5.28 Å². The standard InChI is InChI=1S/C11H13ClF3N3S/c1-6-4-18(5-7(2)19-6)9-3-8(11(13,14)15)16-10(12)17-9/h3,6-7H,4-5H2,1-2H3. The van der Waals surface area contributed by atoms with Gasteiger partial charge in [-0.25, -0.2) is 9.97 Å². The molecule has 0 spiro atoms. The summed E-state index contributed by atoms with van der Waals surface area (Å²) in [5.41, 5.74) is -0.999. The number of alkyl halides is 3. The van der Waals surface area contributed by atoms with Gasteiger partial charge in [-0.15, -0.1) is 0 Å². The molecule has 1 aliphatic rings. The first-order valence-electron chi connectivity index (χ1n) is 5.78. The molecule has 106 valence electrons. The Kier molecular flexibility index (Phi) is 4.15. The molecule has 1 aliphatic heterocycles. The fraction of sp³-hybridized carbons (Fsp3) is 0.636. The molecule has 1 aromatic rings. The third-order valence-corrected chi connectivity index (χ3v) is 4.12. The van der Waals surface area contributed by atoms with Crippen molar-refractivity contribution in [3.63, 3.8) is 0 Å². The monoisotopic (exact) mass is 311 g/mol. The van der Waals surface area contributed by atoms with E-state index in [9.17, 15) is 13.2 Å². The van der Waals surface area contributed by atoms with Gasteiger partial charge < -0.3 is 4.90 Å². The summed E-state index contributed by atoms with van der Waals surface area (Å²) in [6.45, 7) is 5.39. The minimum Gasteiger partial charge on any atom is -0.354 e. The molecular weight excluding hydrogens is 299 g/mol. The van der Waals surface area contributed by atoms with Crippen LogP contribution in [0.1, 0.15) is 19.5 Å². The summed E-state index contributed by atoms with van der Waals surface area (Å²) >= 11 is 7.41. The van der Waals surface area contributed by atoms with E-state index in [1.807, 2.05) is 30.5 Å². The maximum atomic E-state index is 12.7. The maximum Gasteiger partial charge on any atom is 0.433 e. The van der Waals surface area contributed by atoms with Gasteiger partial charge in [0.15, 0.2) is 5.69 Å². The van der Waals surface area contributed by atoms with Crippen LogP contribution in [-0.2, 0) is 6.18 Å². The van der Waals surface area contributed by atoms with E-state index in [2.05, 4.69) is 9.97 Å². The van der Waals surface area contributed by atoms with Gasteiger partial charge in [-0.05, 0) is 11.6 Å². The van der Waals surface area contributed by atoms with Gasteiger partial charge in [0, 0.05) is 29.7 Å². The lowest BCUT2D eigenvalue weighted by atomic mass is 10.3. The lowest BCUT2D eigenvalue weighted by molar-refractivity contribution is -0.141. The number of aromatic nitrogens is 2. The molecule has 19 heavy (non-hydrogen) atoms. The largest absolute Gasteiger partial charge is 0.433 e. The summed E-state index contributed by atoms with van der Waals surface area (Å²) < 4.78 is 38.1. The van der Waals surface area contributed by atoms with E-state index >= 15 is 0 Å². The third-order valence-electron chi connectivity index (χ3n) is 2.72. The zero-order valence-electron chi connectivity index (χ0n) is 10.4. The van der Waals surface area contributed by atoms with Crippen LogP contribution in [0.5, 0.6) is 0 Å². The van der Waals surface area contributed by atoms with Crippen molar-refractivity contribution >= 4 is 29.2 Å². The molecule has 0 aromatic carbocycles. The van der Waals surface area contributed by atoms with E-state index in [0.717, 1.165) is 6.07 Å². The second-order valence-corrected chi connectivity index (χ2v) is 6.76. The van der Waals surface area contributed by atoms with Crippen molar-refractivity contribution in [2.24, 2.45) is 0 Å². The predicted molar refractivity (Wildman–Crippen MR) is 70.8 cm³/mol. The summed E-state index contributed by atoms with van der Waals surface area (Å²) in [7, 11) is 0. The molecule has 0 bridgehead atoms. The lowest BCUT2D eigenvalue weighted by Gasteiger charge is -2.35. The van der Waals surface area contributed by atoms with Crippen molar-refractivity contribution in [1.82, 2.24) is 9.97 Å². The number of hydrogen-bond acceptors (Lipinski definition) is 4. The first-order chi connectivity index (χ1) is 8.75. The van der Waals surface area contributed by atoms with Crippen molar-refractivity contribution in [2.75, 3.05) is 18.0 Å². The quantitative estimate of drug-likeness (QED) is 0.743. The average Bonchev–Trinajstić information content (AvgIpc) is 2.25. The van der Waals surface area contributed by atoms with E-state index in [-0.39, 0.29) is 11.1 Å². The fourth-order valence-corrected chi connectivity index (χ4v) is 3.58. The molecule has 1 aromatic heterocycles. The average molecular weight is 312 g/mol. The topological polar surface area (TPSA) is 29.0 Å². The van der Waals surface area contributed by atoms with E-state index in [4.69, 9.17) is 11.6 Å². The highest BCUT2D eigenvalue weighted by Crippen LogP contribution is 2.33. The van der Waals surface area contributed by atoms with Crippen molar-refractivity contribution in [3.8, 4) is 0 Å². The van der Waals surface area contributed by atoms with Crippen molar-refractivity contribution in [2.45, 2.75) is 30.5 Å². The van der Waals surface area contributed by atoms with Crippen LogP contribution >= 0.6 is 23.4 Å². The molecule has 0 aliphatic carbocycles. The summed E-state index contributed by atoms with van der Waals surface area (Å²) in [4.78, 5) is 8.97. The molecule has 8 heteroatoms. The maximum absolute atomic E-state index is 12.7. The molecule has 1 fully saturated rings.